The molecular formula is C10H16N2S2. The van der Waals surface area contributed by atoms with Crippen molar-refractivity contribution in [1.82, 2.24) is 10.3 Å². The van der Waals surface area contributed by atoms with Crippen molar-refractivity contribution in [2.75, 3.05) is 11.5 Å². The van der Waals surface area contributed by atoms with Gasteiger partial charge in [-0.3, -0.25) is 0 Å². The second-order valence-corrected chi connectivity index (χ2v) is 5.77. The third kappa shape index (κ3) is 2.97. The first kappa shape index (κ1) is 10.5. The second kappa shape index (κ2) is 5.14. The van der Waals surface area contributed by atoms with Gasteiger partial charge in [0, 0.05) is 29.4 Å². The first-order chi connectivity index (χ1) is 6.84. The van der Waals surface area contributed by atoms with Gasteiger partial charge in [-0.05, 0) is 25.5 Å². The van der Waals surface area contributed by atoms with Crippen molar-refractivity contribution in [3.8, 4) is 0 Å². The maximum Gasteiger partial charge on any atom is 0.107 e. The quantitative estimate of drug-likeness (QED) is 0.860. The van der Waals surface area contributed by atoms with Gasteiger partial charge in [0.25, 0.3) is 0 Å². The van der Waals surface area contributed by atoms with Gasteiger partial charge in [0.05, 0.1) is 0 Å². The largest absolute Gasteiger partial charge is 0.307 e. The van der Waals surface area contributed by atoms with Crippen LogP contribution in [0.15, 0.2) is 5.38 Å². The molecule has 0 aliphatic carbocycles. The molecule has 0 amide bonds. The predicted molar refractivity (Wildman–Crippen MR) is 64.0 cm³/mol. The number of hydrogen-bond donors (Lipinski definition) is 1. The van der Waals surface area contributed by atoms with Gasteiger partial charge in [-0.25, -0.2) is 4.98 Å². The van der Waals surface area contributed by atoms with Crippen LogP contribution in [0.1, 0.15) is 23.5 Å². The van der Waals surface area contributed by atoms with Gasteiger partial charge in [0.2, 0.25) is 0 Å². The van der Waals surface area contributed by atoms with Crippen LogP contribution >= 0.6 is 23.1 Å². The Morgan fingerprint density at radius 2 is 2.57 bits per heavy atom. The molecule has 1 saturated heterocycles. The Morgan fingerprint density at radius 3 is 3.21 bits per heavy atom. The number of aromatic nitrogens is 1. The lowest BCUT2D eigenvalue weighted by Crippen LogP contribution is -2.33. The molecule has 0 spiro atoms. The second-order valence-electron chi connectivity index (χ2n) is 3.68. The molecular weight excluding hydrogens is 212 g/mol. The van der Waals surface area contributed by atoms with Gasteiger partial charge in [-0.1, -0.05) is 0 Å². The molecule has 1 aromatic rings. The summed E-state index contributed by atoms with van der Waals surface area (Å²) in [6.07, 6.45) is 2.69. The van der Waals surface area contributed by atoms with E-state index in [0.717, 1.165) is 12.2 Å². The summed E-state index contributed by atoms with van der Waals surface area (Å²) < 4.78 is 0. The molecule has 2 heterocycles. The van der Waals surface area contributed by atoms with E-state index in [1.807, 2.05) is 0 Å². The van der Waals surface area contributed by atoms with Crippen LogP contribution in [0.25, 0.3) is 0 Å². The molecule has 1 aromatic heterocycles. The van der Waals surface area contributed by atoms with Crippen LogP contribution in [0, 0.1) is 6.92 Å². The summed E-state index contributed by atoms with van der Waals surface area (Å²) in [5.41, 5.74) is 1.14. The molecule has 2 nitrogen and oxygen atoms in total. The third-order valence-corrected chi connectivity index (χ3v) is 4.55. The molecule has 78 valence electrons. The maximum absolute atomic E-state index is 4.44. The van der Waals surface area contributed by atoms with E-state index in [4.69, 9.17) is 0 Å². The van der Waals surface area contributed by atoms with Crippen LogP contribution in [-0.2, 0) is 6.54 Å². The van der Waals surface area contributed by atoms with Gasteiger partial charge in [-0.15, -0.1) is 11.3 Å². The van der Waals surface area contributed by atoms with E-state index in [0.29, 0.717) is 6.04 Å². The van der Waals surface area contributed by atoms with Crippen molar-refractivity contribution in [3.05, 3.63) is 16.1 Å². The van der Waals surface area contributed by atoms with Crippen molar-refractivity contribution in [3.63, 3.8) is 0 Å². The smallest absolute Gasteiger partial charge is 0.107 e. The molecule has 0 saturated carbocycles. The minimum absolute atomic E-state index is 0.706. The summed E-state index contributed by atoms with van der Waals surface area (Å²) in [4.78, 5) is 4.44. The van der Waals surface area contributed by atoms with Crippen molar-refractivity contribution in [2.24, 2.45) is 0 Å². The van der Waals surface area contributed by atoms with E-state index in [2.05, 4.69) is 34.4 Å². The van der Waals surface area contributed by atoms with Gasteiger partial charge < -0.3 is 5.32 Å². The van der Waals surface area contributed by atoms with Crippen molar-refractivity contribution in [2.45, 2.75) is 32.4 Å². The minimum Gasteiger partial charge on any atom is -0.307 e. The van der Waals surface area contributed by atoms with E-state index in [-0.39, 0.29) is 0 Å². The van der Waals surface area contributed by atoms with Crippen LogP contribution in [0.4, 0.5) is 0 Å². The first-order valence-corrected chi connectivity index (χ1v) is 7.10. The average molecular weight is 228 g/mol. The summed E-state index contributed by atoms with van der Waals surface area (Å²) in [5, 5.41) is 6.92. The van der Waals surface area contributed by atoms with Crippen molar-refractivity contribution >= 4 is 23.1 Å². The molecule has 1 unspecified atom stereocenters. The maximum atomic E-state index is 4.44. The molecule has 1 atom stereocenters. The number of aryl methyl sites for hydroxylation is 1. The fourth-order valence-electron chi connectivity index (χ4n) is 1.62. The molecule has 2 rings (SSSR count). The average Bonchev–Trinajstić information content (AvgIpc) is 2.63. The highest BCUT2D eigenvalue weighted by molar-refractivity contribution is 7.99. The Hall–Kier alpha value is -0.0600. The molecule has 4 heteroatoms. The molecule has 1 fully saturated rings. The SMILES string of the molecule is Cc1csc(CNC2CCCSC2)n1. The number of thioether (sulfide) groups is 1. The third-order valence-electron chi connectivity index (χ3n) is 2.37. The topological polar surface area (TPSA) is 24.9 Å². The summed E-state index contributed by atoms with van der Waals surface area (Å²) in [6, 6.07) is 0.706. The zero-order valence-corrected chi connectivity index (χ0v) is 10.1. The Morgan fingerprint density at radius 1 is 1.64 bits per heavy atom. The van der Waals surface area contributed by atoms with Crippen LogP contribution in [0.2, 0.25) is 0 Å². The molecule has 1 aliphatic rings. The monoisotopic (exact) mass is 228 g/mol. The van der Waals surface area contributed by atoms with Crippen LogP contribution in [0.3, 0.4) is 0 Å². The zero-order chi connectivity index (χ0) is 9.80. The molecule has 0 aromatic carbocycles. The van der Waals surface area contributed by atoms with Crippen LogP contribution < -0.4 is 5.32 Å². The molecule has 14 heavy (non-hydrogen) atoms. The van der Waals surface area contributed by atoms with Crippen molar-refractivity contribution < 1.29 is 0 Å². The molecule has 1 N–H and O–H groups in total. The van der Waals surface area contributed by atoms with E-state index < -0.39 is 0 Å². The fourth-order valence-corrected chi connectivity index (χ4v) is 3.45. The fraction of sp³-hybridized carbons (Fsp3) is 0.700. The highest BCUT2D eigenvalue weighted by atomic mass is 32.2. The Bertz CT molecular complexity index is 279. The Balaban J connectivity index is 1.76. The zero-order valence-electron chi connectivity index (χ0n) is 8.45. The van der Waals surface area contributed by atoms with E-state index in [1.165, 1.54) is 29.4 Å². The number of nitrogens with one attached hydrogen (secondary N) is 1. The summed E-state index contributed by atoms with van der Waals surface area (Å²) in [6.45, 7) is 3.00. The van der Waals surface area contributed by atoms with Gasteiger partial charge >= 0.3 is 0 Å². The Kier molecular flexibility index (Phi) is 3.84. The highest BCUT2D eigenvalue weighted by Crippen LogP contribution is 2.17. The van der Waals surface area contributed by atoms with E-state index >= 15 is 0 Å². The van der Waals surface area contributed by atoms with Gasteiger partial charge in [-0.2, -0.15) is 11.8 Å². The predicted octanol–water partition coefficient (Wildman–Crippen LogP) is 2.44. The Labute approximate surface area is 93.5 Å². The number of nitrogens with zero attached hydrogens (tertiary/aromatic N) is 1. The standard InChI is InChI=1S/C10H16N2S2/c1-8-6-14-10(12-8)5-11-9-3-2-4-13-7-9/h6,9,11H,2-5,7H2,1H3. The van der Waals surface area contributed by atoms with Crippen LogP contribution in [-0.4, -0.2) is 22.5 Å². The summed E-state index contributed by atoms with van der Waals surface area (Å²) >= 11 is 3.82. The van der Waals surface area contributed by atoms with Crippen molar-refractivity contribution in [1.29, 1.82) is 0 Å². The first-order valence-electron chi connectivity index (χ1n) is 5.07. The summed E-state index contributed by atoms with van der Waals surface area (Å²) in [5.74, 6) is 2.61. The normalized spacial score (nSPS) is 22.5. The minimum atomic E-state index is 0.706. The lowest BCUT2D eigenvalue weighted by atomic mass is 10.2. The number of thiazole rings is 1. The van der Waals surface area contributed by atoms with E-state index in [1.54, 1.807) is 11.3 Å². The molecule has 1 aliphatic heterocycles. The number of hydrogen-bond acceptors (Lipinski definition) is 4. The van der Waals surface area contributed by atoms with Gasteiger partial charge in [0.15, 0.2) is 0 Å². The highest BCUT2D eigenvalue weighted by Gasteiger charge is 2.13. The molecule has 0 bridgehead atoms. The van der Waals surface area contributed by atoms with Crippen LogP contribution in [0.5, 0.6) is 0 Å². The molecule has 0 radical (unpaired) electrons. The summed E-state index contributed by atoms with van der Waals surface area (Å²) in [7, 11) is 0. The lowest BCUT2D eigenvalue weighted by molar-refractivity contribution is 0.507. The van der Waals surface area contributed by atoms with E-state index in [9.17, 15) is 0 Å². The lowest BCUT2D eigenvalue weighted by Gasteiger charge is -2.21. The number of rotatable bonds is 3. The van der Waals surface area contributed by atoms with Gasteiger partial charge in [0.1, 0.15) is 5.01 Å².